The largest absolute Gasteiger partial charge is 0.497 e. The Balaban J connectivity index is 2.29. The van der Waals surface area contributed by atoms with Gasteiger partial charge in [-0.2, -0.15) is 0 Å². The van der Waals surface area contributed by atoms with E-state index in [0.29, 0.717) is 17.2 Å². The summed E-state index contributed by atoms with van der Waals surface area (Å²) >= 11 is 0. The summed E-state index contributed by atoms with van der Waals surface area (Å²) in [6.45, 7) is 0. The number of amides is 2. The van der Waals surface area contributed by atoms with E-state index < -0.39 is 18.0 Å². The van der Waals surface area contributed by atoms with Gasteiger partial charge in [-0.05, 0) is 18.2 Å². The number of carbonyl (C=O) groups excluding carboxylic acids is 3. The van der Waals surface area contributed by atoms with E-state index in [4.69, 9.17) is 14.2 Å². The average molecular weight is 388 g/mol. The van der Waals surface area contributed by atoms with E-state index >= 15 is 0 Å². The Morgan fingerprint density at radius 1 is 0.750 bits per heavy atom. The molecule has 9 heteroatoms. The van der Waals surface area contributed by atoms with E-state index in [9.17, 15) is 14.4 Å². The Morgan fingerprint density at radius 2 is 1.36 bits per heavy atom. The van der Waals surface area contributed by atoms with Gasteiger partial charge >= 0.3 is 18.0 Å². The maximum atomic E-state index is 12.4. The fourth-order valence-electron chi connectivity index (χ4n) is 2.34. The lowest BCUT2D eigenvalue weighted by Crippen LogP contribution is -2.21. The summed E-state index contributed by atoms with van der Waals surface area (Å²) in [4.78, 5) is 36.1. The van der Waals surface area contributed by atoms with Gasteiger partial charge in [-0.3, -0.25) is 0 Å². The maximum Gasteiger partial charge on any atom is 0.339 e. The van der Waals surface area contributed by atoms with E-state index in [1.165, 1.54) is 46.6 Å². The van der Waals surface area contributed by atoms with Crippen LogP contribution < -0.4 is 20.1 Å². The highest BCUT2D eigenvalue weighted by atomic mass is 16.5. The molecule has 0 fully saturated rings. The lowest BCUT2D eigenvalue weighted by Gasteiger charge is -2.13. The van der Waals surface area contributed by atoms with Crippen LogP contribution in [0.25, 0.3) is 0 Å². The Kier molecular flexibility index (Phi) is 6.80. The summed E-state index contributed by atoms with van der Waals surface area (Å²) in [7, 11) is 5.41. The molecular formula is C19H20N2O7. The summed E-state index contributed by atoms with van der Waals surface area (Å²) < 4.78 is 19.7. The Hall–Kier alpha value is -3.75. The minimum Gasteiger partial charge on any atom is -0.497 e. The van der Waals surface area contributed by atoms with Gasteiger partial charge in [-0.25, -0.2) is 14.4 Å². The van der Waals surface area contributed by atoms with Crippen molar-refractivity contribution in [3.05, 3.63) is 47.5 Å². The molecule has 0 heterocycles. The number of ether oxygens (including phenoxy) is 4. The van der Waals surface area contributed by atoms with Crippen molar-refractivity contribution < 1.29 is 33.3 Å². The molecule has 0 spiro atoms. The Morgan fingerprint density at radius 3 is 1.89 bits per heavy atom. The quantitative estimate of drug-likeness (QED) is 0.732. The van der Waals surface area contributed by atoms with E-state index in [-0.39, 0.29) is 16.8 Å². The second-order valence-corrected chi connectivity index (χ2v) is 5.42. The number of methoxy groups -OCH3 is 4. The zero-order valence-corrected chi connectivity index (χ0v) is 15.8. The molecule has 0 aliphatic heterocycles. The summed E-state index contributed by atoms with van der Waals surface area (Å²) in [5.74, 6) is -0.317. The van der Waals surface area contributed by atoms with Crippen LogP contribution >= 0.6 is 0 Å². The molecule has 9 nitrogen and oxygen atoms in total. The zero-order chi connectivity index (χ0) is 20.7. The lowest BCUT2D eigenvalue weighted by atomic mass is 10.1. The molecule has 0 aliphatic rings. The third kappa shape index (κ3) is 4.91. The normalized spacial score (nSPS) is 9.86. The number of carbonyl (C=O) groups is 3. The third-order valence-electron chi connectivity index (χ3n) is 3.70. The van der Waals surface area contributed by atoms with Crippen LogP contribution in [0.4, 0.5) is 16.2 Å². The van der Waals surface area contributed by atoms with Gasteiger partial charge in [0.1, 0.15) is 11.5 Å². The number of benzene rings is 2. The first-order valence-electron chi connectivity index (χ1n) is 8.03. The molecule has 0 bridgehead atoms. The van der Waals surface area contributed by atoms with E-state index in [1.807, 2.05) is 0 Å². The molecule has 0 unspecified atom stereocenters. The van der Waals surface area contributed by atoms with Gasteiger partial charge in [0.25, 0.3) is 0 Å². The van der Waals surface area contributed by atoms with Crippen molar-refractivity contribution >= 4 is 29.3 Å². The monoisotopic (exact) mass is 388 g/mol. The molecule has 0 saturated carbocycles. The van der Waals surface area contributed by atoms with Gasteiger partial charge in [0.15, 0.2) is 0 Å². The van der Waals surface area contributed by atoms with Crippen molar-refractivity contribution in [1.29, 1.82) is 0 Å². The summed E-state index contributed by atoms with van der Waals surface area (Å²) in [5, 5.41) is 5.14. The fraction of sp³-hybridized carbons (Fsp3) is 0.211. The van der Waals surface area contributed by atoms with Crippen LogP contribution in [0.2, 0.25) is 0 Å². The van der Waals surface area contributed by atoms with Crippen molar-refractivity contribution in [3.8, 4) is 11.5 Å². The van der Waals surface area contributed by atoms with Gasteiger partial charge in [-0.1, -0.05) is 0 Å². The van der Waals surface area contributed by atoms with Crippen LogP contribution in [0, 0.1) is 0 Å². The lowest BCUT2D eigenvalue weighted by molar-refractivity contribution is 0.0587. The fourth-order valence-corrected chi connectivity index (χ4v) is 2.34. The van der Waals surface area contributed by atoms with Gasteiger partial charge in [0.05, 0.1) is 45.3 Å². The van der Waals surface area contributed by atoms with Crippen LogP contribution in [0.5, 0.6) is 11.5 Å². The highest BCUT2D eigenvalue weighted by Crippen LogP contribution is 2.26. The number of hydrogen-bond acceptors (Lipinski definition) is 7. The average Bonchev–Trinajstić information content (AvgIpc) is 2.71. The summed E-state index contributed by atoms with van der Waals surface area (Å²) in [5.41, 5.74) is 0.724. The van der Waals surface area contributed by atoms with Crippen LogP contribution in [-0.4, -0.2) is 46.4 Å². The molecule has 2 rings (SSSR count). The Labute approximate surface area is 161 Å². The molecule has 28 heavy (non-hydrogen) atoms. The topological polar surface area (TPSA) is 112 Å². The standard InChI is InChI=1S/C19H20N2O7/c1-25-13-8-12(9-14(10-13)26-2)20-19(24)21-16-7-11(17(22)27-3)5-6-15(16)18(23)28-4/h5-10H,1-4H3,(H2,20,21,24). The van der Waals surface area contributed by atoms with Crippen molar-refractivity contribution in [2.75, 3.05) is 39.1 Å². The molecule has 0 saturated heterocycles. The molecule has 2 amide bonds. The number of anilines is 2. The predicted molar refractivity (Wildman–Crippen MR) is 101 cm³/mol. The van der Waals surface area contributed by atoms with Crippen LogP contribution in [0.1, 0.15) is 20.7 Å². The molecule has 2 N–H and O–H groups in total. The van der Waals surface area contributed by atoms with Crippen molar-refractivity contribution in [2.45, 2.75) is 0 Å². The highest BCUT2D eigenvalue weighted by molar-refractivity contribution is 6.06. The maximum absolute atomic E-state index is 12.4. The van der Waals surface area contributed by atoms with Crippen molar-refractivity contribution in [1.82, 2.24) is 0 Å². The number of esters is 2. The third-order valence-corrected chi connectivity index (χ3v) is 3.70. The summed E-state index contributed by atoms with van der Waals surface area (Å²) in [6.07, 6.45) is 0. The number of hydrogen-bond donors (Lipinski definition) is 2. The molecule has 0 radical (unpaired) electrons. The van der Waals surface area contributed by atoms with Gasteiger partial charge < -0.3 is 29.6 Å². The molecule has 0 atom stereocenters. The molecule has 0 aliphatic carbocycles. The first-order valence-corrected chi connectivity index (χ1v) is 8.03. The number of nitrogens with one attached hydrogen (secondary N) is 2. The summed E-state index contributed by atoms with van der Waals surface area (Å²) in [6, 6.07) is 8.27. The predicted octanol–water partition coefficient (Wildman–Crippen LogP) is 2.92. The Bertz CT molecular complexity index is 874. The van der Waals surface area contributed by atoms with Crippen molar-refractivity contribution in [3.63, 3.8) is 0 Å². The van der Waals surface area contributed by atoms with E-state index in [0.717, 1.165) is 0 Å². The van der Waals surface area contributed by atoms with Gasteiger partial charge in [-0.15, -0.1) is 0 Å². The first kappa shape index (κ1) is 20.6. The highest BCUT2D eigenvalue weighted by Gasteiger charge is 2.17. The smallest absolute Gasteiger partial charge is 0.339 e. The minimum absolute atomic E-state index is 0.0773. The number of rotatable bonds is 6. The second kappa shape index (κ2) is 9.26. The SMILES string of the molecule is COC(=O)c1ccc(C(=O)OC)c(NC(=O)Nc2cc(OC)cc(OC)c2)c1. The zero-order valence-electron chi connectivity index (χ0n) is 15.8. The van der Waals surface area contributed by atoms with E-state index in [1.54, 1.807) is 18.2 Å². The number of urea groups is 1. The van der Waals surface area contributed by atoms with Crippen molar-refractivity contribution in [2.24, 2.45) is 0 Å². The molecule has 2 aromatic carbocycles. The van der Waals surface area contributed by atoms with Gasteiger partial charge in [0, 0.05) is 23.9 Å². The molecule has 148 valence electrons. The second-order valence-electron chi connectivity index (χ2n) is 5.42. The minimum atomic E-state index is -0.672. The van der Waals surface area contributed by atoms with Crippen LogP contribution in [0.3, 0.4) is 0 Å². The molecule has 2 aromatic rings. The van der Waals surface area contributed by atoms with Crippen LogP contribution in [0.15, 0.2) is 36.4 Å². The molecule has 0 aromatic heterocycles. The van der Waals surface area contributed by atoms with Gasteiger partial charge in [0.2, 0.25) is 0 Å². The molecular weight excluding hydrogens is 368 g/mol. The van der Waals surface area contributed by atoms with Crippen LogP contribution in [-0.2, 0) is 9.47 Å². The van der Waals surface area contributed by atoms with E-state index in [2.05, 4.69) is 15.4 Å². The first-order chi connectivity index (χ1) is 13.4.